The Morgan fingerprint density at radius 3 is 2.68 bits per heavy atom. The first-order valence-corrected chi connectivity index (χ1v) is 8.16. The van der Waals surface area contributed by atoms with Crippen molar-refractivity contribution in [3.8, 4) is 11.5 Å². The molecule has 0 saturated heterocycles. The Kier molecular flexibility index (Phi) is 4.88. The van der Waals surface area contributed by atoms with E-state index in [9.17, 15) is 9.59 Å². The topological polar surface area (TPSA) is 67.9 Å². The number of ether oxygens (including phenoxy) is 2. The number of nitrogens with zero attached hydrogens (tertiary/aromatic N) is 1. The van der Waals surface area contributed by atoms with Gasteiger partial charge in [0.2, 0.25) is 5.91 Å². The van der Waals surface area contributed by atoms with Gasteiger partial charge in [0.05, 0.1) is 24.5 Å². The fourth-order valence-corrected chi connectivity index (χ4v) is 2.73. The molecule has 1 N–H and O–H groups in total. The van der Waals surface area contributed by atoms with E-state index in [4.69, 9.17) is 9.47 Å². The second kappa shape index (κ2) is 7.25. The van der Waals surface area contributed by atoms with Crippen LogP contribution in [0, 0.1) is 0 Å². The number of amides is 2. The number of anilines is 2. The molecule has 0 saturated carbocycles. The number of hydrogen-bond acceptors (Lipinski definition) is 4. The van der Waals surface area contributed by atoms with Crippen LogP contribution in [0.4, 0.5) is 11.4 Å². The van der Waals surface area contributed by atoms with Crippen molar-refractivity contribution in [2.24, 2.45) is 0 Å². The third kappa shape index (κ3) is 3.57. The Hall–Kier alpha value is -3.02. The molecule has 0 aromatic heterocycles. The summed E-state index contributed by atoms with van der Waals surface area (Å²) in [6.45, 7) is 4.01. The molecule has 1 heterocycles. The van der Waals surface area contributed by atoms with Crippen molar-refractivity contribution in [2.45, 2.75) is 20.0 Å². The van der Waals surface area contributed by atoms with Gasteiger partial charge in [-0.25, -0.2) is 0 Å². The maximum absolute atomic E-state index is 12.7. The second-order valence-corrected chi connectivity index (χ2v) is 5.62. The predicted octanol–water partition coefficient (Wildman–Crippen LogP) is 2.84. The van der Waals surface area contributed by atoms with E-state index in [1.165, 1.54) is 6.92 Å². The van der Waals surface area contributed by atoms with Crippen molar-refractivity contribution in [2.75, 3.05) is 23.4 Å². The van der Waals surface area contributed by atoms with E-state index in [0.29, 0.717) is 29.5 Å². The molecule has 130 valence electrons. The number of carbonyl (C=O) groups excluding carboxylic acids is 2. The van der Waals surface area contributed by atoms with Crippen LogP contribution in [0.2, 0.25) is 0 Å². The molecule has 1 aliphatic heterocycles. The van der Waals surface area contributed by atoms with Crippen LogP contribution in [0.5, 0.6) is 11.5 Å². The quantitative estimate of drug-likeness (QED) is 0.929. The van der Waals surface area contributed by atoms with Crippen LogP contribution in [0.1, 0.15) is 13.8 Å². The third-order valence-corrected chi connectivity index (χ3v) is 3.89. The van der Waals surface area contributed by atoms with E-state index < -0.39 is 6.10 Å². The summed E-state index contributed by atoms with van der Waals surface area (Å²) < 4.78 is 11.3. The molecule has 6 nitrogen and oxygen atoms in total. The molecule has 0 unspecified atom stereocenters. The molecule has 0 bridgehead atoms. The van der Waals surface area contributed by atoms with Crippen LogP contribution in [-0.2, 0) is 9.59 Å². The van der Waals surface area contributed by atoms with Gasteiger partial charge in [-0.2, -0.15) is 0 Å². The molecule has 0 radical (unpaired) electrons. The Balaban J connectivity index is 1.81. The lowest BCUT2D eigenvalue weighted by Gasteiger charge is -2.33. The smallest absolute Gasteiger partial charge is 0.267 e. The van der Waals surface area contributed by atoms with Crippen LogP contribution < -0.4 is 19.7 Å². The first-order chi connectivity index (χ1) is 12.1. The number of rotatable bonds is 4. The Bertz CT molecular complexity index is 790. The first kappa shape index (κ1) is 16.8. The summed E-state index contributed by atoms with van der Waals surface area (Å²) in [5, 5.41) is 2.83. The Morgan fingerprint density at radius 2 is 1.92 bits per heavy atom. The van der Waals surface area contributed by atoms with Gasteiger partial charge in [-0.1, -0.05) is 24.3 Å². The Morgan fingerprint density at radius 1 is 1.20 bits per heavy atom. The summed E-state index contributed by atoms with van der Waals surface area (Å²) in [5.41, 5.74) is 1.25. The number of hydrogen-bond donors (Lipinski definition) is 1. The van der Waals surface area contributed by atoms with Gasteiger partial charge in [-0.3, -0.25) is 9.59 Å². The minimum Gasteiger partial charge on any atom is -0.492 e. The van der Waals surface area contributed by atoms with Gasteiger partial charge < -0.3 is 19.7 Å². The number of benzene rings is 2. The fourth-order valence-electron chi connectivity index (χ4n) is 2.73. The van der Waals surface area contributed by atoms with Crippen LogP contribution in [0.25, 0.3) is 0 Å². The SMILES string of the molecule is CCOc1ccccc1NC(=O)[C@H]1CN(C(C)=O)c2ccccc2O1. The lowest BCUT2D eigenvalue weighted by atomic mass is 10.1. The average Bonchev–Trinajstić information content (AvgIpc) is 2.62. The molecule has 2 amide bonds. The standard InChI is InChI=1S/C19H20N2O4/c1-3-24-16-10-6-4-8-14(16)20-19(23)18-12-21(13(2)22)15-9-5-7-11-17(15)25-18/h4-11,18H,3,12H2,1-2H3,(H,20,23)/t18-/m1/s1. The van der Waals surface area contributed by atoms with Gasteiger partial charge in [0, 0.05) is 6.92 Å². The molecule has 2 aromatic carbocycles. The van der Waals surface area contributed by atoms with E-state index >= 15 is 0 Å². The summed E-state index contributed by atoms with van der Waals surface area (Å²) in [7, 11) is 0. The monoisotopic (exact) mass is 340 g/mol. The van der Waals surface area contributed by atoms with Crippen LogP contribution in [0.15, 0.2) is 48.5 Å². The van der Waals surface area contributed by atoms with Crippen molar-refractivity contribution in [3.05, 3.63) is 48.5 Å². The molecular weight excluding hydrogens is 320 g/mol. The van der Waals surface area contributed by atoms with Crippen molar-refractivity contribution in [1.82, 2.24) is 0 Å². The molecule has 25 heavy (non-hydrogen) atoms. The van der Waals surface area contributed by atoms with Crippen LogP contribution in [0.3, 0.4) is 0 Å². The minimum absolute atomic E-state index is 0.136. The van der Waals surface area contributed by atoms with E-state index in [1.54, 1.807) is 29.2 Å². The highest BCUT2D eigenvalue weighted by Crippen LogP contribution is 2.33. The number of fused-ring (bicyclic) bond motifs is 1. The van der Waals surface area contributed by atoms with E-state index in [-0.39, 0.29) is 18.4 Å². The van der Waals surface area contributed by atoms with Crippen LogP contribution >= 0.6 is 0 Å². The zero-order chi connectivity index (χ0) is 17.8. The van der Waals surface area contributed by atoms with E-state index in [0.717, 1.165) is 0 Å². The predicted molar refractivity (Wildman–Crippen MR) is 95.1 cm³/mol. The van der Waals surface area contributed by atoms with Crippen molar-refractivity contribution in [3.63, 3.8) is 0 Å². The lowest BCUT2D eigenvalue weighted by Crippen LogP contribution is -2.48. The maximum Gasteiger partial charge on any atom is 0.267 e. The molecule has 1 aliphatic rings. The lowest BCUT2D eigenvalue weighted by molar-refractivity contribution is -0.123. The molecule has 6 heteroatoms. The highest BCUT2D eigenvalue weighted by atomic mass is 16.5. The summed E-state index contributed by atoms with van der Waals surface area (Å²) in [4.78, 5) is 26.2. The van der Waals surface area contributed by atoms with Gasteiger partial charge >= 0.3 is 0 Å². The van der Waals surface area contributed by atoms with Crippen molar-refractivity contribution < 1.29 is 19.1 Å². The summed E-state index contributed by atoms with van der Waals surface area (Å²) >= 11 is 0. The first-order valence-electron chi connectivity index (χ1n) is 8.16. The molecule has 1 atom stereocenters. The molecule has 0 spiro atoms. The van der Waals surface area contributed by atoms with Gasteiger partial charge in [-0.05, 0) is 31.2 Å². The average molecular weight is 340 g/mol. The maximum atomic E-state index is 12.7. The highest BCUT2D eigenvalue weighted by Gasteiger charge is 2.32. The van der Waals surface area contributed by atoms with Gasteiger partial charge in [-0.15, -0.1) is 0 Å². The Labute approximate surface area is 146 Å². The largest absolute Gasteiger partial charge is 0.492 e. The normalized spacial score (nSPS) is 15.8. The van der Waals surface area contributed by atoms with Gasteiger partial charge in [0.25, 0.3) is 5.91 Å². The minimum atomic E-state index is -0.798. The zero-order valence-corrected chi connectivity index (χ0v) is 14.2. The molecule has 0 fully saturated rings. The number of para-hydroxylation sites is 4. The van der Waals surface area contributed by atoms with Crippen molar-refractivity contribution in [1.29, 1.82) is 0 Å². The van der Waals surface area contributed by atoms with Crippen molar-refractivity contribution >= 4 is 23.2 Å². The summed E-state index contributed by atoms with van der Waals surface area (Å²) in [6.07, 6.45) is -0.798. The zero-order valence-electron chi connectivity index (χ0n) is 14.2. The van der Waals surface area contributed by atoms with Gasteiger partial charge in [0.1, 0.15) is 11.5 Å². The van der Waals surface area contributed by atoms with E-state index in [1.807, 2.05) is 31.2 Å². The van der Waals surface area contributed by atoms with Crippen LogP contribution in [-0.4, -0.2) is 31.1 Å². The number of nitrogens with one attached hydrogen (secondary N) is 1. The summed E-state index contributed by atoms with van der Waals surface area (Å²) in [6, 6.07) is 14.4. The second-order valence-electron chi connectivity index (χ2n) is 5.62. The molecular formula is C19H20N2O4. The molecule has 3 rings (SSSR count). The third-order valence-electron chi connectivity index (χ3n) is 3.89. The molecule has 0 aliphatic carbocycles. The summed E-state index contributed by atoms with van der Waals surface area (Å²) in [5.74, 6) is 0.649. The number of carbonyl (C=O) groups is 2. The van der Waals surface area contributed by atoms with E-state index in [2.05, 4.69) is 5.32 Å². The van der Waals surface area contributed by atoms with Gasteiger partial charge in [0.15, 0.2) is 6.10 Å². The highest BCUT2D eigenvalue weighted by molar-refractivity contribution is 6.00. The molecule has 2 aromatic rings. The fraction of sp³-hybridized carbons (Fsp3) is 0.263.